The third-order valence-electron chi connectivity index (χ3n) is 6.86. The van der Waals surface area contributed by atoms with E-state index in [0.29, 0.717) is 42.9 Å². The number of hydrogen-bond acceptors (Lipinski definition) is 5. The first kappa shape index (κ1) is 25.0. The summed E-state index contributed by atoms with van der Waals surface area (Å²) < 4.78 is 0. The molecule has 192 valence electrons. The van der Waals surface area contributed by atoms with Crippen LogP contribution in [-0.2, 0) is 16.1 Å². The Bertz CT molecular complexity index is 1460. The summed E-state index contributed by atoms with van der Waals surface area (Å²) in [6.45, 7) is 0.744. The molecule has 0 aliphatic carbocycles. The summed E-state index contributed by atoms with van der Waals surface area (Å²) >= 11 is 0. The Morgan fingerprint density at radius 1 is 0.974 bits per heavy atom. The molecule has 0 bridgehead atoms. The molecule has 8 nitrogen and oxygen atoms in total. The smallest absolute Gasteiger partial charge is 0.252 e. The molecular formula is C30H29N5O3. The van der Waals surface area contributed by atoms with Gasteiger partial charge in [0.2, 0.25) is 11.8 Å². The van der Waals surface area contributed by atoms with Crippen molar-refractivity contribution in [2.45, 2.75) is 31.5 Å². The van der Waals surface area contributed by atoms with Gasteiger partial charge < -0.3 is 21.3 Å². The van der Waals surface area contributed by atoms with Crippen molar-refractivity contribution in [3.8, 4) is 0 Å². The number of pyridine rings is 1. The number of likely N-dealkylation sites (tertiary alicyclic amines) is 1. The zero-order valence-corrected chi connectivity index (χ0v) is 20.8. The summed E-state index contributed by atoms with van der Waals surface area (Å²) in [7, 11) is 0. The average molecular weight is 508 g/mol. The van der Waals surface area contributed by atoms with Crippen molar-refractivity contribution in [1.82, 2.24) is 20.5 Å². The van der Waals surface area contributed by atoms with E-state index in [4.69, 9.17) is 5.73 Å². The molecule has 1 unspecified atom stereocenters. The first-order valence-corrected chi connectivity index (χ1v) is 12.6. The molecule has 3 aromatic carbocycles. The van der Waals surface area contributed by atoms with Crippen molar-refractivity contribution in [1.29, 1.82) is 0 Å². The third kappa shape index (κ3) is 5.34. The van der Waals surface area contributed by atoms with Crippen LogP contribution in [0.1, 0.15) is 40.4 Å². The molecule has 8 heteroatoms. The van der Waals surface area contributed by atoms with Crippen LogP contribution in [0.25, 0.3) is 10.8 Å². The van der Waals surface area contributed by atoms with Crippen LogP contribution in [0.3, 0.4) is 0 Å². The lowest BCUT2D eigenvalue weighted by molar-refractivity contribution is -0.140. The second kappa shape index (κ2) is 11.1. The average Bonchev–Trinajstić information content (AvgIpc) is 3.46. The summed E-state index contributed by atoms with van der Waals surface area (Å²) in [6.07, 6.45) is 2.92. The van der Waals surface area contributed by atoms with Gasteiger partial charge in [-0.2, -0.15) is 0 Å². The number of hydrogen-bond donors (Lipinski definition) is 3. The molecule has 1 aromatic heterocycles. The largest absolute Gasteiger partial charge is 0.383 e. The number of anilines is 1. The molecule has 0 radical (unpaired) electrons. The summed E-state index contributed by atoms with van der Waals surface area (Å²) in [6, 6.07) is 24.0. The van der Waals surface area contributed by atoms with Gasteiger partial charge in [-0.3, -0.25) is 14.4 Å². The summed E-state index contributed by atoms with van der Waals surface area (Å²) in [5.41, 5.74) is 8.02. The molecule has 0 saturated carbocycles. The van der Waals surface area contributed by atoms with E-state index < -0.39 is 12.1 Å². The fourth-order valence-corrected chi connectivity index (χ4v) is 4.86. The molecule has 1 aliphatic heterocycles. The zero-order chi connectivity index (χ0) is 26.5. The van der Waals surface area contributed by atoms with Crippen molar-refractivity contribution < 1.29 is 14.4 Å². The Morgan fingerprint density at radius 2 is 1.71 bits per heavy atom. The number of amides is 3. The second-order valence-electron chi connectivity index (χ2n) is 9.34. The van der Waals surface area contributed by atoms with E-state index in [-0.39, 0.29) is 17.7 Å². The fourth-order valence-electron chi connectivity index (χ4n) is 4.86. The van der Waals surface area contributed by atoms with Crippen LogP contribution in [0.2, 0.25) is 0 Å². The molecule has 4 aromatic rings. The Morgan fingerprint density at radius 3 is 2.47 bits per heavy atom. The minimum Gasteiger partial charge on any atom is -0.383 e. The summed E-state index contributed by atoms with van der Waals surface area (Å²) in [5, 5.41) is 7.67. The van der Waals surface area contributed by atoms with Gasteiger partial charge in [0.05, 0.1) is 0 Å². The minimum atomic E-state index is -0.909. The fraction of sp³-hybridized carbons (Fsp3) is 0.200. The molecular weight excluding hydrogens is 478 g/mol. The number of benzene rings is 3. The van der Waals surface area contributed by atoms with E-state index in [9.17, 15) is 14.4 Å². The van der Waals surface area contributed by atoms with Crippen molar-refractivity contribution in [3.63, 3.8) is 0 Å². The highest BCUT2D eigenvalue weighted by Crippen LogP contribution is 2.25. The molecule has 0 spiro atoms. The quantitative estimate of drug-likeness (QED) is 0.353. The number of fused-ring (bicyclic) bond motifs is 1. The van der Waals surface area contributed by atoms with Crippen molar-refractivity contribution in [3.05, 3.63) is 108 Å². The zero-order valence-electron chi connectivity index (χ0n) is 20.8. The second-order valence-corrected chi connectivity index (χ2v) is 9.34. The number of carbonyl (C=O) groups is 3. The number of nitrogens with one attached hydrogen (secondary N) is 2. The Labute approximate surface area is 220 Å². The van der Waals surface area contributed by atoms with Crippen molar-refractivity contribution in [2.24, 2.45) is 0 Å². The van der Waals surface area contributed by atoms with Crippen LogP contribution in [0.5, 0.6) is 0 Å². The maximum Gasteiger partial charge on any atom is 0.252 e. The maximum absolute atomic E-state index is 13.8. The Hall–Kier alpha value is -4.72. The molecule has 2 heterocycles. The summed E-state index contributed by atoms with van der Waals surface area (Å²) in [4.78, 5) is 45.7. The lowest BCUT2D eigenvalue weighted by atomic mass is 10.0. The molecule has 1 saturated heterocycles. The molecule has 38 heavy (non-hydrogen) atoms. The lowest BCUT2D eigenvalue weighted by Gasteiger charge is -2.29. The molecule has 2 atom stereocenters. The number of nitrogens with two attached hydrogens (primary N) is 1. The van der Waals surface area contributed by atoms with Crippen LogP contribution in [0.4, 0.5) is 5.82 Å². The van der Waals surface area contributed by atoms with Crippen LogP contribution in [0.15, 0.2) is 91.1 Å². The summed E-state index contributed by atoms with van der Waals surface area (Å²) in [5.74, 6) is -0.440. The van der Waals surface area contributed by atoms with Gasteiger partial charge >= 0.3 is 0 Å². The van der Waals surface area contributed by atoms with Gasteiger partial charge in [0, 0.05) is 30.2 Å². The van der Waals surface area contributed by atoms with E-state index in [1.807, 2.05) is 48.5 Å². The lowest BCUT2D eigenvalue weighted by Crippen LogP contribution is -2.50. The SMILES string of the molecule is Nc1nccc2ccc(CNC(=O)[C@@H]3CCCN3C(=O)C(NC(=O)c3ccccc3)c3ccccc3)cc12. The van der Waals surface area contributed by atoms with Crippen LogP contribution < -0.4 is 16.4 Å². The van der Waals surface area contributed by atoms with Gasteiger partial charge in [-0.15, -0.1) is 0 Å². The van der Waals surface area contributed by atoms with Crippen LogP contribution in [0, 0.1) is 0 Å². The topological polar surface area (TPSA) is 117 Å². The van der Waals surface area contributed by atoms with Crippen LogP contribution >= 0.6 is 0 Å². The first-order valence-electron chi connectivity index (χ1n) is 12.6. The minimum absolute atomic E-state index is 0.226. The first-order chi connectivity index (χ1) is 18.5. The van der Waals surface area contributed by atoms with E-state index >= 15 is 0 Å². The number of nitrogen functional groups attached to an aromatic ring is 1. The molecule has 1 fully saturated rings. The monoisotopic (exact) mass is 507 g/mol. The molecule has 3 amide bonds. The van der Waals surface area contributed by atoms with Crippen molar-refractivity contribution in [2.75, 3.05) is 12.3 Å². The third-order valence-corrected chi connectivity index (χ3v) is 6.86. The number of aromatic nitrogens is 1. The van der Waals surface area contributed by atoms with Crippen LogP contribution in [-0.4, -0.2) is 40.2 Å². The molecule has 1 aliphatic rings. The maximum atomic E-state index is 13.8. The van der Waals surface area contributed by atoms with Gasteiger partial charge in [-0.1, -0.05) is 60.7 Å². The van der Waals surface area contributed by atoms with Crippen molar-refractivity contribution >= 4 is 34.3 Å². The van der Waals surface area contributed by atoms with Gasteiger partial charge in [-0.25, -0.2) is 4.98 Å². The van der Waals surface area contributed by atoms with E-state index in [1.165, 1.54) is 0 Å². The number of carbonyl (C=O) groups excluding carboxylic acids is 3. The highest BCUT2D eigenvalue weighted by Gasteiger charge is 2.38. The molecule has 4 N–H and O–H groups in total. The van der Waals surface area contributed by atoms with Gasteiger partial charge in [0.1, 0.15) is 17.9 Å². The van der Waals surface area contributed by atoms with Gasteiger partial charge in [0.15, 0.2) is 0 Å². The Balaban J connectivity index is 1.31. The highest BCUT2D eigenvalue weighted by atomic mass is 16.2. The standard InChI is InChI=1S/C30H29N5O3/c31-27-24-18-20(13-14-21(24)15-16-32-27)19-33-29(37)25-12-7-17-35(25)30(38)26(22-8-3-1-4-9-22)34-28(36)23-10-5-2-6-11-23/h1-6,8-11,13-16,18,25-26H,7,12,17,19H2,(H2,31,32)(H,33,37)(H,34,36)/t25-,26?/m0/s1. The number of nitrogens with zero attached hydrogens (tertiary/aromatic N) is 2. The highest BCUT2D eigenvalue weighted by molar-refractivity contribution is 5.99. The predicted molar refractivity (Wildman–Crippen MR) is 146 cm³/mol. The van der Waals surface area contributed by atoms with E-state index in [2.05, 4.69) is 15.6 Å². The van der Waals surface area contributed by atoms with E-state index in [1.54, 1.807) is 47.5 Å². The normalized spacial score (nSPS) is 15.7. The number of rotatable bonds is 7. The van der Waals surface area contributed by atoms with Gasteiger partial charge in [-0.05, 0) is 53.6 Å². The van der Waals surface area contributed by atoms with E-state index in [0.717, 1.165) is 16.3 Å². The predicted octanol–water partition coefficient (Wildman–Crippen LogP) is 3.60. The molecule has 5 rings (SSSR count). The van der Waals surface area contributed by atoms with Gasteiger partial charge in [0.25, 0.3) is 5.91 Å². The Kier molecular flexibility index (Phi) is 7.31.